The Morgan fingerprint density at radius 3 is 1.91 bits per heavy atom. The van der Waals surface area contributed by atoms with Crippen molar-refractivity contribution >= 4 is 49.1 Å². The molecule has 0 saturated heterocycles. The number of hydrogen-bond acceptors (Lipinski definition) is 6. The van der Waals surface area contributed by atoms with Crippen LogP contribution in [0.4, 0.5) is 11.4 Å². The molecule has 2 N–H and O–H groups in total. The normalized spacial score (nSPS) is 10.3. The molecule has 1 aromatic carbocycles. The zero-order valence-corrected chi connectivity index (χ0v) is 17.2. The van der Waals surface area contributed by atoms with Gasteiger partial charge in [0.25, 0.3) is 11.4 Å². The van der Waals surface area contributed by atoms with E-state index in [0.717, 1.165) is 11.3 Å². The van der Waals surface area contributed by atoms with Crippen molar-refractivity contribution in [2.24, 2.45) is 0 Å². The predicted octanol–water partition coefficient (Wildman–Crippen LogP) is 6.01. The Balaban J connectivity index is 0.000000184. The highest BCUT2D eigenvalue weighted by atomic mass is 79.9. The molecule has 5 rings (SSSR count). The third-order valence-corrected chi connectivity index (χ3v) is 4.95. The lowest BCUT2D eigenvalue weighted by Crippen LogP contribution is -1.87. The largest absolute Gasteiger partial charge is 0.354 e. The summed E-state index contributed by atoms with van der Waals surface area (Å²) in [5.74, 6) is 0. The zero-order valence-electron chi connectivity index (χ0n) is 15.7. The zero-order chi connectivity index (χ0) is 22.0. The quantitative estimate of drug-likeness (QED) is 0.178. The molecule has 0 saturated carbocycles. The summed E-state index contributed by atoms with van der Waals surface area (Å²) in [5.41, 5.74) is 3.14. The van der Waals surface area contributed by atoms with Crippen molar-refractivity contribution in [2.45, 2.75) is 7.43 Å². The molecule has 0 aliphatic carbocycles. The van der Waals surface area contributed by atoms with E-state index < -0.39 is 9.85 Å². The van der Waals surface area contributed by atoms with Crippen LogP contribution >= 0.6 is 15.9 Å². The van der Waals surface area contributed by atoms with Gasteiger partial charge in [-0.1, -0.05) is 37.8 Å². The lowest BCUT2D eigenvalue weighted by atomic mass is 10.1. The van der Waals surface area contributed by atoms with Crippen molar-refractivity contribution in [3.8, 4) is 11.3 Å². The van der Waals surface area contributed by atoms with Gasteiger partial charge in [0.15, 0.2) is 0 Å². The first kappa shape index (κ1) is 22.6. The number of hydrogen-bond donors (Lipinski definition) is 2. The Morgan fingerprint density at radius 2 is 1.34 bits per heavy atom. The maximum absolute atomic E-state index is 10.9. The van der Waals surface area contributed by atoms with Crippen molar-refractivity contribution in [3.05, 3.63) is 92.1 Å². The molecule has 0 unspecified atom stereocenters. The van der Waals surface area contributed by atoms with Crippen LogP contribution < -0.4 is 0 Å². The summed E-state index contributed by atoms with van der Waals surface area (Å²) < 4.78 is 0.586. The van der Waals surface area contributed by atoms with Gasteiger partial charge in [-0.15, -0.1) is 0 Å². The van der Waals surface area contributed by atoms with Crippen LogP contribution in [-0.2, 0) is 0 Å². The van der Waals surface area contributed by atoms with Crippen molar-refractivity contribution in [2.75, 3.05) is 0 Å². The van der Waals surface area contributed by atoms with Crippen molar-refractivity contribution < 1.29 is 9.85 Å². The molecule has 5 aromatic rings. The number of halogens is 1. The highest BCUT2D eigenvalue weighted by molar-refractivity contribution is 9.10. The van der Waals surface area contributed by atoms with Gasteiger partial charge in [0.05, 0.1) is 62.1 Å². The summed E-state index contributed by atoms with van der Waals surface area (Å²) in [5, 5.41) is 22.6. The Labute approximate surface area is 189 Å². The Morgan fingerprint density at radius 1 is 0.812 bits per heavy atom. The summed E-state index contributed by atoms with van der Waals surface area (Å²) >= 11 is 3.15. The number of H-pyrrole nitrogens is 2. The third kappa shape index (κ3) is 4.47. The van der Waals surface area contributed by atoms with Gasteiger partial charge in [0, 0.05) is 5.56 Å². The minimum atomic E-state index is -0.425. The first-order chi connectivity index (χ1) is 14.9. The van der Waals surface area contributed by atoms with Crippen LogP contribution in [0.1, 0.15) is 7.43 Å². The molecular weight excluding hydrogens is 480 g/mol. The van der Waals surface area contributed by atoms with Crippen LogP contribution in [0.25, 0.3) is 33.1 Å². The number of aromatic amines is 2. The maximum Gasteiger partial charge on any atom is 0.294 e. The van der Waals surface area contributed by atoms with E-state index in [9.17, 15) is 20.2 Å². The smallest absolute Gasteiger partial charge is 0.294 e. The van der Waals surface area contributed by atoms with Gasteiger partial charge in [-0.05, 0) is 28.1 Å². The number of rotatable bonds is 3. The van der Waals surface area contributed by atoms with E-state index in [1.54, 1.807) is 24.5 Å². The van der Waals surface area contributed by atoms with Crippen LogP contribution in [0.3, 0.4) is 0 Å². The summed E-state index contributed by atoms with van der Waals surface area (Å²) in [6, 6.07) is 12.9. The second-order valence-corrected chi connectivity index (χ2v) is 7.21. The molecule has 0 bridgehead atoms. The fourth-order valence-electron chi connectivity index (χ4n) is 3.06. The van der Waals surface area contributed by atoms with Gasteiger partial charge in [0.1, 0.15) is 4.60 Å². The number of aromatic nitrogens is 4. The lowest BCUT2D eigenvalue weighted by Gasteiger charge is -2.00. The van der Waals surface area contributed by atoms with E-state index in [1.807, 2.05) is 30.3 Å². The van der Waals surface area contributed by atoms with E-state index in [4.69, 9.17) is 0 Å². The van der Waals surface area contributed by atoms with E-state index >= 15 is 0 Å². The molecule has 4 aromatic heterocycles. The monoisotopic (exact) mass is 496 g/mol. The predicted molar refractivity (Wildman–Crippen MR) is 125 cm³/mol. The molecule has 0 aliphatic rings. The Kier molecular flexibility index (Phi) is 6.59. The average molecular weight is 497 g/mol. The number of fused-ring (bicyclic) bond motifs is 2. The second-order valence-electron chi connectivity index (χ2n) is 6.40. The van der Waals surface area contributed by atoms with Crippen molar-refractivity contribution in [3.63, 3.8) is 0 Å². The van der Waals surface area contributed by atoms with Crippen molar-refractivity contribution in [1.82, 2.24) is 19.9 Å². The molecule has 0 spiro atoms. The second kappa shape index (κ2) is 9.35. The van der Waals surface area contributed by atoms with E-state index in [-0.39, 0.29) is 18.8 Å². The lowest BCUT2D eigenvalue weighted by molar-refractivity contribution is -0.383. The van der Waals surface area contributed by atoms with Crippen molar-refractivity contribution in [1.29, 1.82) is 0 Å². The van der Waals surface area contributed by atoms with E-state index in [2.05, 4.69) is 35.9 Å². The van der Waals surface area contributed by atoms with Gasteiger partial charge >= 0.3 is 0 Å². The Bertz CT molecular complexity index is 1410. The number of nitro groups is 2. The van der Waals surface area contributed by atoms with Gasteiger partial charge in [-0.3, -0.25) is 25.2 Å². The van der Waals surface area contributed by atoms with Crippen LogP contribution in [0, 0.1) is 20.2 Å². The summed E-state index contributed by atoms with van der Waals surface area (Å²) in [4.78, 5) is 34.5. The van der Waals surface area contributed by atoms with Gasteiger partial charge in [-0.25, -0.2) is 4.98 Å². The van der Waals surface area contributed by atoms with Crippen LogP contribution in [-0.4, -0.2) is 29.8 Å². The molecule has 0 aliphatic heterocycles. The SMILES string of the molecule is C.O=[N+]([O-])c1c[nH]c2cnc(-c3ccccc3)cc12.O=[N+]([O-])c1c[nH]c2cnc(Br)cc12. The first-order valence-corrected chi connectivity index (χ1v) is 9.67. The fraction of sp³-hybridized carbons (Fsp3) is 0.0476. The summed E-state index contributed by atoms with van der Waals surface area (Å²) in [6.07, 6.45) is 5.91. The number of nitrogens with one attached hydrogen (secondary N) is 2. The summed E-state index contributed by atoms with van der Waals surface area (Å²) in [6.45, 7) is 0. The maximum atomic E-state index is 10.9. The standard InChI is InChI=1S/C13H9N3O2.C7H4BrN3O2.CH4/c17-16(18)13-8-15-12-7-14-11(6-10(12)13)9-4-2-1-3-5-9;8-7-1-4-5(2-10-7)9-3-6(4)11(12)13;/h1-8,15H;1-3,9H;1H4. The minimum absolute atomic E-state index is 0. The molecule has 0 amide bonds. The summed E-state index contributed by atoms with van der Waals surface area (Å²) in [7, 11) is 0. The molecule has 162 valence electrons. The third-order valence-electron chi connectivity index (χ3n) is 4.52. The number of nitrogens with zero attached hydrogens (tertiary/aromatic N) is 4. The first-order valence-electron chi connectivity index (χ1n) is 8.88. The highest BCUT2D eigenvalue weighted by Gasteiger charge is 2.15. The van der Waals surface area contributed by atoms with Gasteiger partial charge in [0.2, 0.25) is 0 Å². The van der Waals surface area contributed by atoms with Crippen LogP contribution in [0.15, 0.2) is 71.9 Å². The van der Waals surface area contributed by atoms with Gasteiger partial charge < -0.3 is 9.97 Å². The molecule has 32 heavy (non-hydrogen) atoms. The van der Waals surface area contributed by atoms with E-state index in [1.165, 1.54) is 12.4 Å². The Hall–Kier alpha value is -4.12. The molecule has 11 heteroatoms. The van der Waals surface area contributed by atoms with Crippen LogP contribution in [0.2, 0.25) is 0 Å². The number of benzene rings is 1. The van der Waals surface area contributed by atoms with Crippen LogP contribution in [0.5, 0.6) is 0 Å². The molecule has 0 atom stereocenters. The highest BCUT2D eigenvalue weighted by Crippen LogP contribution is 2.28. The molecule has 0 fully saturated rings. The molecular formula is C21H17BrN6O4. The molecule has 0 radical (unpaired) electrons. The topological polar surface area (TPSA) is 144 Å². The number of pyridine rings is 2. The average Bonchev–Trinajstić information content (AvgIpc) is 3.38. The molecule has 4 heterocycles. The fourth-order valence-corrected chi connectivity index (χ4v) is 3.39. The van der Waals surface area contributed by atoms with E-state index in [0.29, 0.717) is 26.4 Å². The van der Waals surface area contributed by atoms with Gasteiger partial charge in [-0.2, -0.15) is 0 Å². The minimum Gasteiger partial charge on any atom is -0.354 e. The molecule has 10 nitrogen and oxygen atoms in total.